The Labute approximate surface area is 180 Å². The van der Waals surface area contributed by atoms with Crippen LogP contribution in [0.25, 0.3) is 10.9 Å². The molecule has 2 aromatic carbocycles. The summed E-state index contributed by atoms with van der Waals surface area (Å²) in [5.41, 5.74) is 5.39. The number of nitrogens with zero attached hydrogens (tertiary/aromatic N) is 2. The van der Waals surface area contributed by atoms with E-state index in [2.05, 4.69) is 28.2 Å². The Morgan fingerprint density at radius 1 is 1.10 bits per heavy atom. The largest absolute Gasteiger partial charge is 0.361 e. The monoisotopic (exact) mass is 413 g/mol. The third-order valence-corrected chi connectivity index (χ3v) is 6.19. The predicted octanol–water partition coefficient (Wildman–Crippen LogP) is 5.04. The first-order chi connectivity index (χ1) is 15.2. The molecular weight excluding hydrogens is 389 g/mol. The molecule has 31 heavy (non-hydrogen) atoms. The van der Waals surface area contributed by atoms with Crippen molar-refractivity contribution in [1.82, 2.24) is 14.9 Å². The molecule has 4 nitrogen and oxygen atoms in total. The van der Waals surface area contributed by atoms with Gasteiger partial charge in [0.25, 0.3) is 0 Å². The van der Waals surface area contributed by atoms with E-state index in [1.54, 1.807) is 18.5 Å². The third-order valence-electron chi connectivity index (χ3n) is 6.19. The molecule has 0 radical (unpaired) electrons. The number of amides is 1. The first-order valence-corrected chi connectivity index (χ1v) is 10.7. The van der Waals surface area contributed by atoms with Crippen LogP contribution in [0, 0.1) is 11.7 Å². The number of aromatic amines is 1. The quantitative estimate of drug-likeness (QED) is 0.499. The number of nitrogens with one attached hydrogen (secondary N) is 1. The van der Waals surface area contributed by atoms with Crippen LogP contribution in [0.2, 0.25) is 0 Å². The molecule has 0 saturated carbocycles. The molecule has 2 aromatic heterocycles. The molecule has 5 heteroatoms. The van der Waals surface area contributed by atoms with Crippen molar-refractivity contribution in [2.24, 2.45) is 5.92 Å². The van der Waals surface area contributed by atoms with Crippen LogP contribution >= 0.6 is 0 Å². The lowest BCUT2D eigenvalue weighted by molar-refractivity contribution is -0.137. The molecule has 1 aliphatic carbocycles. The summed E-state index contributed by atoms with van der Waals surface area (Å²) in [5.74, 6) is -0.181. The molecular formula is C26H24FN3O. The van der Waals surface area contributed by atoms with E-state index in [1.807, 2.05) is 29.3 Å². The number of rotatable bonds is 5. The van der Waals surface area contributed by atoms with Crippen LogP contribution in [0.3, 0.4) is 0 Å². The van der Waals surface area contributed by atoms with E-state index in [1.165, 1.54) is 23.3 Å². The maximum atomic E-state index is 13.9. The van der Waals surface area contributed by atoms with Crippen LogP contribution in [-0.4, -0.2) is 20.8 Å². The van der Waals surface area contributed by atoms with Crippen LogP contribution in [0.15, 0.2) is 73.2 Å². The van der Waals surface area contributed by atoms with E-state index in [0.29, 0.717) is 13.1 Å². The molecule has 0 fully saturated rings. The topological polar surface area (TPSA) is 49.0 Å². The van der Waals surface area contributed by atoms with Crippen molar-refractivity contribution in [1.29, 1.82) is 0 Å². The number of aromatic nitrogens is 2. The van der Waals surface area contributed by atoms with Gasteiger partial charge in [0.1, 0.15) is 5.82 Å². The Bertz CT molecular complexity index is 1220. The molecule has 2 heterocycles. The Hall–Kier alpha value is -3.47. The van der Waals surface area contributed by atoms with Gasteiger partial charge in [-0.15, -0.1) is 0 Å². The van der Waals surface area contributed by atoms with E-state index in [9.17, 15) is 9.18 Å². The number of hydrogen-bond donors (Lipinski definition) is 1. The van der Waals surface area contributed by atoms with E-state index in [4.69, 9.17) is 0 Å². The summed E-state index contributed by atoms with van der Waals surface area (Å²) in [4.78, 5) is 23.0. The fraction of sp³-hybridized carbons (Fsp3) is 0.231. The van der Waals surface area contributed by atoms with E-state index in [-0.39, 0.29) is 17.6 Å². The maximum Gasteiger partial charge on any atom is 0.226 e. The van der Waals surface area contributed by atoms with Crippen LogP contribution in [0.1, 0.15) is 28.7 Å². The van der Waals surface area contributed by atoms with Crippen LogP contribution < -0.4 is 0 Å². The van der Waals surface area contributed by atoms with Crippen molar-refractivity contribution in [3.63, 3.8) is 0 Å². The average Bonchev–Trinajstić information content (AvgIpc) is 3.20. The minimum atomic E-state index is -0.276. The van der Waals surface area contributed by atoms with Gasteiger partial charge < -0.3 is 9.88 Å². The number of carbonyl (C=O) groups is 1. The Balaban J connectivity index is 1.44. The second-order valence-corrected chi connectivity index (χ2v) is 8.27. The predicted molar refractivity (Wildman–Crippen MR) is 119 cm³/mol. The number of pyridine rings is 1. The Morgan fingerprint density at radius 3 is 2.81 bits per heavy atom. The molecule has 156 valence electrons. The number of benzene rings is 2. The highest BCUT2D eigenvalue weighted by Crippen LogP contribution is 2.29. The normalized spacial score (nSPS) is 15.6. The summed E-state index contributed by atoms with van der Waals surface area (Å²) >= 11 is 0. The highest BCUT2D eigenvalue weighted by molar-refractivity contribution is 5.84. The third kappa shape index (κ3) is 4.08. The summed E-state index contributed by atoms with van der Waals surface area (Å²) in [5, 5.41) is 0.818. The first-order valence-electron chi connectivity index (χ1n) is 10.7. The Kier molecular flexibility index (Phi) is 5.24. The van der Waals surface area contributed by atoms with Crippen molar-refractivity contribution in [2.75, 3.05) is 0 Å². The molecule has 1 amide bonds. The van der Waals surface area contributed by atoms with Crippen molar-refractivity contribution in [3.8, 4) is 0 Å². The molecule has 1 aliphatic rings. The average molecular weight is 413 g/mol. The lowest BCUT2D eigenvalue weighted by Gasteiger charge is -2.30. The number of H-pyrrole nitrogens is 1. The molecule has 0 saturated heterocycles. The van der Waals surface area contributed by atoms with Gasteiger partial charge in [-0.1, -0.05) is 30.3 Å². The smallest absolute Gasteiger partial charge is 0.226 e. The van der Waals surface area contributed by atoms with Gasteiger partial charge in [-0.3, -0.25) is 9.78 Å². The molecule has 4 aromatic rings. The minimum Gasteiger partial charge on any atom is -0.361 e. The summed E-state index contributed by atoms with van der Waals surface area (Å²) < 4.78 is 13.9. The van der Waals surface area contributed by atoms with Gasteiger partial charge in [0, 0.05) is 48.5 Å². The van der Waals surface area contributed by atoms with Gasteiger partial charge in [-0.25, -0.2) is 4.39 Å². The Morgan fingerprint density at radius 2 is 1.97 bits per heavy atom. The zero-order valence-electron chi connectivity index (χ0n) is 17.2. The fourth-order valence-corrected chi connectivity index (χ4v) is 4.58. The van der Waals surface area contributed by atoms with E-state index in [0.717, 1.165) is 41.3 Å². The van der Waals surface area contributed by atoms with Crippen LogP contribution in [0.4, 0.5) is 4.39 Å². The van der Waals surface area contributed by atoms with Gasteiger partial charge in [0.05, 0.1) is 0 Å². The lowest BCUT2D eigenvalue weighted by atomic mass is 9.83. The highest BCUT2D eigenvalue weighted by atomic mass is 19.1. The van der Waals surface area contributed by atoms with Gasteiger partial charge in [-0.2, -0.15) is 0 Å². The van der Waals surface area contributed by atoms with Crippen LogP contribution in [0.5, 0.6) is 0 Å². The van der Waals surface area contributed by atoms with Crippen molar-refractivity contribution < 1.29 is 9.18 Å². The molecule has 1 N–H and O–H groups in total. The standard InChI is InChI=1S/C26H24FN3O/c27-23-9-10-25-24(13-23)22(15-29-25)17-30(16-18-4-3-11-28-14-18)26(31)21-8-7-19-5-1-2-6-20(19)12-21/h1-6,9-11,13-15,21,29H,7-8,12,16-17H2/t21-/m1/s1. The molecule has 0 bridgehead atoms. The second kappa shape index (κ2) is 8.34. The van der Waals surface area contributed by atoms with Crippen molar-refractivity contribution in [3.05, 3.63) is 101 Å². The molecule has 1 atom stereocenters. The van der Waals surface area contributed by atoms with Gasteiger partial charge in [-0.05, 0) is 65.8 Å². The minimum absolute atomic E-state index is 0.0477. The molecule has 0 spiro atoms. The second-order valence-electron chi connectivity index (χ2n) is 8.27. The zero-order valence-corrected chi connectivity index (χ0v) is 17.2. The summed E-state index contributed by atoms with van der Waals surface area (Å²) in [6.07, 6.45) is 7.94. The summed E-state index contributed by atoms with van der Waals surface area (Å²) in [7, 11) is 0. The fourth-order valence-electron chi connectivity index (χ4n) is 4.58. The van der Waals surface area contributed by atoms with Gasteiger partial charge in [0.15, 0.2) is 0 Å². The van der Waals surface area contributed by atoms with Crippen molar-refractivity contribution in [2.45, 2.75) is 32.4 Å². The maximum absolute atomic E-state index is 13.9. The number of aryl methyl sites for hydroxylation is 1. The van der Waals surface area contributed by atoms with E-state index >= 15 is 0 Å². The SMILES string of the molecule is O=C([C@@H]1CCc2ccccc2C1)N(Cc1cccnc1)Cc1c[nH]c2ccc(F)cc12. The molecule has 0 aliphatic heterocycles. The highest BCUT2D eigenvalue weighted by Gasteiger charge is 2.29. The number of halogens is 1. The summed E-state index contributed by atoms with van der Waals surface area (Å²) in [6.45, 7) is 0.905. The molecule has 5 rings (SSSR count). The lowest BCUT2D eigenvalue weighted by Crippen LogP contribution is -2.37. The number of fused-ring (bicyclic) bond motifs is 2. The number of hydrogen-bond acceptors (Lipinski definition) is 2. The summed E-state index contributed by atoms with van der Waals surface area (Å²) in [6, 6.07) is 17.0. The number of carbonyl (C=O) groups excluding carboxylic acids is 1. The van der Waals surface area contributed by atoms with E-state index < -0.39 is 0 Å². The first kappa shape index (κ1) is 19.5. The molecule has 0 unspecified atom stereocenters. The zero-order chi connectivity index (χ0) is 21.2. The van der Waals surface area contributed by atoms with Gasteiger partial charge in [0.2, 0.25) is 5.91 Å². The van der Waals surface area contributed by atoms with Gasteiger partial charge >= 0.3 is 0 Å². The van der Waals surface area contributed by atoms with Crippen molar-refractivity contribution >= 4 is 16.8 Å². The van der Waals surface area contributed by atoms with Crippen LogP contribution in [-0.2, 0) is 30.7 Å².